The molecule has 1 aromatic heterocycles. The molecule has 0 nitrogen and oxygen atoms in total. The number of fused-ring (bicyclic) bond motifs is 3. The van der Waals surface area contributed by atoms with Gasteiger partial charge in [-0.05, 0) is 62.1 Å². The van der Waals surface area contributed by atoms with Gasteiger partial charge in [0, 0.05) is 20.2 Å². The van der Waals surface area contributed by atoms with Crippen LogP contribution in [0.4, 0.5) is 0 Å². The van der Waals surface area contributed by atoms with E-state index in [1.807, 2.05) is 11.3 Å². The van der Waals surface area contributed by atoms with Gasteiger partial charge in [-0.1, -0.05) is 12.1 Å². The highest BCUT2D eigenvalue weighted by atomic mass is 32.1. The summed E-state index contributed by atoms with van der Waals surface area (Å²) >= 11 is 1.93. The Hall–Kier alpha value is -1.34. The number of hydrogen-bond donors (Lipinski definition) is 0. The maximum Gasteiger partial charge on any atom is 0.0387 e. The monoisotopic (exact) mass is 240 g/mol. The summed E-state index contributed by atoms with van der Waals surface area (Å²) in [6, 6.07) is 9.10. The maximum absolute atomic E-state index is 2.34. The molecule has 0 atom stereocenters. The van der Waals surface area contributed by atoms with Crippen LogP contribution in [-0.2, 0) is 0 Å². The van der Waals surface area contributed by atoms with Gasteiger partial charge < -0.3 is 0 Å². The van der Waals surface area contributed by atoms with Crippen LogP contribution < -0.4 is 0 Å². The first-order chi connectivity index (χ1) is 8.08. The SMILES string of the molecule is Cc1ccc2c(c1)sc1c(C)c(C)c(C)cc12. The van der Waals surface area contributed by atoms with E-state index >= 15 is 0 Å². The normalized spacial score (nSPS) is 11.5. The molecule has 0 spiro atoms. The third-order valence-corrected chi connectivity index (χ3v) is 5.03. The largest absolute Gasteiger partial charge is 0.135 e. The summed E-state index contributed by atoms with van der Waals surface area (Å²) in [7, 11) is 0. The lowest BCUT2D eigenvalue weighted by Gasteiger charge is -2.05. The standard InChI is InChI=1S/C16H16S/c1-9-5-6-13-14-8-10(2)11(3)12(4)16(14)17-15(13)7-9/h5-8H,1-4H3. The van der Waals surface area contributed by atoms with Gasteiger partial charge in [-0.2, -0.15) is 0 Å². The first kappa shape index (κ1) is 10.8. The summed E-state index contributed by atoms with van der Waals surface area (Å²) in [6.07, 6.45) is 0. The van der Waals surface area contributed by atoms with Crippen LogP contribution in [-0.4, -0.2) is 0 Å². The van der Waals surface area contributed by atoms with E-state index in [2.05, 4.69) is 52.0 Å². The second-order valence-electron chi connectivity index (χ2n) is 4.92. The van der Waals surface area contributed by atoms with Gasteiger partial charge in [0.2, 0.25) is 0 Å². The van der Waals surface area contributed by atoms with Crippen LogP contribution >= 0.6 is 11.3 Å². The maximum atomic E-state index is 2.34. The van der Waals surface area contributed by atoms with E-state index in [1.54, 1.807) is 0 Å². The van der Waals surface area contributed by atoms with Crippen molar-refractivity contribution in [2.45, 2.75) is 27.7 Å². The Morgan fingerprint density at radius 3 is 2.35 bits per heavy atom. The minimum atomic E-state index is 1.34. The van der Waals surface area contributed by atoms with Crippen LogP contribution in [0.1, 0.15) is 22.3 Å². The molecule has 0 aliphatic heterocycles. The lowest BCUT2D eigenvalue weighted by molar-refractivity contribution is 1.31. The van der Waals surface area contributed by atoms with Crippen LogP contribution in [0.15, 0.2) is 24.3 Å². The minimum absolute atomic E-state index is 1.34. The lowest BCUT2D eigenvalue weighted by Crippen LogP contribution is -1.85. The molecule has 3 aromatic rings. The van der Waals surface area contributed by atoms with E-state index < -0.39 is 0 Å². The van der Waals surface area contributed by atoms with Gasteiger partial charge in [0.25, 0.3) is 0 Å². The molecule has 0 fully saturated rings. The Morgan fingerprint density at radius 1 is 0.824 bits per heavy atom. The topological polar surface area (TPSA) is 0 Å². The highest BCUT2D eigenvalue weighted by molar-refractivity contribution is 7.26. The highest BCUT2D eigenvalue weighted by Crippen LogP contribution is 2.38. The minimum Gasteiger partial charge on any atom is -0.135 e. The number of thiophene rings is 1. The van der Waals surface area contributed by atoms with Crippen molar-refractivity contribution in [1.82, 2.24) is 0 Å². The highest BCUT2D eigenvalue weighted by Gasteiger charge is 2.10. The number of rotatable bonds is 0. The molecule has 0 unspecified atom stereocenters. The fourth-order valence-corrected chi connectivity index (χ4v) is 3.77. The molecule has 0 amide bonds. The summed E-state index contributed by atoms with van der Waals surface area (Å²) in [4.78, 5) is 0. The Bertz CT molecular complexity index is 732. The molecule has 2 aromatic carbocycles. The molecule has 17 heavy (non-hydrogen) atoms. The predicted molar refractivity (Wildman–Crippen MR) is 78.3 cm³/mol. The van der Waals surface area contributed by atoms with Crippen LogP contribution in [0.5, 0.6) is 0 Å². The fourth-order valence-electron chi connectivity index (χ4n) is 2.44. The van der Waals surface area contributed by atoms with Gasteiger partial charge in [0.15, 0.2) is 0 Å². The summed E-state index contributed by atoms with van der Waals surface area (Å²) in [5.41, 5.74) is 5.62. The van der Waals surface area contributed by atoms with Crippen molar-refractivity contribution >= 4 is 31.5 Å². The van der Waals surface area contributed by atoms with Gasteiger partial charge >= 0.3 is 0 Å². The number of benzene rings is 2. The van der Waals surface area contributed by atoms with E-state index in [9.17, 15) is 0 Å². The van der Waals surface area contributed by atoms with Gasteiger partial charge in [-0.15, -0.1) is 11.3 Å². The van der Waals surface area contributed by atoms with Crippen molar-refractivity contribution in [3.05, 3.63) is 46.5 Å². The van der Waals surface area contributed by atoms with E-state index in [0.29, 0.717) is 0 Å². The second kappa shape index (κ2) is 3.58. The first-order valence-electron chi connectivity index (χ1n) is 5.97. The Labute approximate surface area is 106 Å². The summed E-state index contributed by atoms with van der Waals surface area (Å²) < 4.78 is 2.86. The molecule has 86 valence electrons. The molecule has 1 heteroatoms. The van der Waals surface area contributed by atoms with E-state index in [4.69, 9.17) is 0 Å². The Morgan fingerprint density at radius 2 is 1.59 bits per heavy atom. The van der Waals surface area contributed by atoms with Gasteiger partial charge in [0.05, 0.1) is 0 Å². The van der Waals surface area contributed by atoms with Crippen molar-refractivity contribution in [3.8, 4) is 0 Å². The first-order valence-corrected chi connectivity index (χ1v) is 6.79. The Kier molecular flexibility index (Phi) is 2.27. The summed E-state index contributed by atoms with van der Waals surface area (Å²) in [6.45, 7) is 8.83. The number of hydrogen-bond acceptors (Lipinski definition) is 1. The van der Waals surface area contributed by atoms with Gasteiger partial charge in [-0.25, -0.2) is 0 Å². The smallest absolute Gasteiger partial charge is 0.0387 e. The van der Waals surface area contributed by atoms with Crippen molar-refractivity contribution in [2.75, 3.05) is 0 Å². The number of aryl methyl sites for hydroxylation is 3. The zero-order valence-corrected chi connectivity index (χ0v) is 11.5. The van der Waals surface area contributed by atoms with E-state index in [-0.39, 0.29) is 0 Å². The molecule has 0 N–H and O–H groups in total. The molecular formula is C16H16S. The predicted octanol–water partition coefficient (Wildman–Crippen LogP) is 5.29. The zero-order chi connectivity index (χ0) is 12.2. The molecule has 0 bridgehead atoms. The lowest BCUT2D eigenvalue weighted by atomic mass is 10.0. The Balaban J connectivity index is 2.56. The quantitative estimate of drug-likeness (QED) is 0.501. The fraction of sp³-hybridized carbons (Fsp3) is 0.250. The molecule has 3 rings (SSSR count). The van der Waals surface area contributed by atoms with Crippen molar-refractivity contribution in [1.29, 1.82) is 0 Å². The van der Waals surface area contributed by atoms with Crippen LogP contribution in [0.25, 0.3) is 20.2 Å². The molecular weight excluding hydrogens is 224 g/mol. The molecule has 0 saturated heterocycles. The summed E-state index contributed by atoms with van der Waals surface area (Å²) in [5.74, 6) is 0. The average molecular weight is 240 g/mol. The third-order valence-electron chi connectivity index (χ3n) is 3.74. The van der Waals surface area contributed by atoms with Crippen molar-refractivity contribution < 1.29 is 0 Å². The van der Waals surface area contributed by atoms with E-state index in [1.165, 1.54) is 42.4 Å². The van der Waals surface area contributed by atoms with Crippen molar-refractivity contribution in [2.24, 2.45) is 0 Å². The molecule has 0 saturated carbocycles. The van der Waals surface area contributed by atoms with Crippen LogP contribution in [0, 0.1) is 27.7 Å². The van der Waals surface area contributed by atoms with Crippen LogP contribution in [0.3, 0.4) is 0 Å². The zero-order valence-electron chi connectivity index (χ0n) is 10.7. The van der Waals surface area contributed by atoms with Crippen LogP contribution in [0.2, 0.25) is 0 Å². The van der Waals surface area contributed by atoms with Crippen molar-refractivity contribution in [3.63, 3.8) is 0 Å². The molecule has 1 heterocycles. The molecule has 0 aliphatic rings. The molecule has 0 aliphatic carbocycles. The van der Waals surface area contributed by atoms with Gasteiger partial charge in [0.1, 0.15) is 0 Å². The summed E-state index contributed by atoms with van der Waals surface area (Å²) in [5, 5.41) is 2.83. The molecule has 0 radical (unpaired) electrons. The van der Waals surface area contributed by atoms with E-state index in [0.717, 1.165) is 0 Å². The van der Waals surface area contributed by atoms with Gasteiger partial charge in [-0.3, -0.25) is 0 Å². The third kappa shape index (κ3) is 1.49. The average Bonchev–Trinajstić information content (AvgIpc) is 2.64. The second-order valence-corrected chi connectivity index (χ2v) is 5.97.